The number of hydrogen-bond donors (Lipinski definition) is 0. The van der Waals surface area contributed by atoms with E-state index in [9.17, 15) is 9.59 Å². The highest BCUT2D eigenvalue weighted by atomic mass is 16.2. The van der Waals surface area contributed by atoms with Crippen molar-refractivity contribution < 1.29 is 9.59 Å². The molecular weight excluding hydrogens is 252 g/mol. The van der Waals surface area contributed by atoms with Gasteiger partial charge in [-0.15, -0.1) is 0 Å². The number of para-hydroxylation sites is 1. The summed E-state index contributed by atoms with van der Waals surface area (Å²) in [5.41, 5.74) is 0.842. The van der Waals surface area contributed by atoms with Gasteiger partial charge in [-0.2, -0.15) is 0 Å². The molecule has 110 valence electrons. The Labute approximate surface area is 121 Å². The van der Waals surface area contributed by atoms with Crippen LogP contribution in [-0.2, 0) is 9.59 Å². The maximum absolute atomic E-state index is 12.2. The van der Waals surface area contributed by atoms with Crippen molar-refractivity contribution in [2.75, 3.05) is 25.0 Å². The molecule has 0 spiro atoms. The molecule has 0 aliphatic heterocycles. The molecule has 0 unspecified atom stereocenters. The van der Waals surface area contributed by atoms with Gasteiger partial charge in [0.15, 0.2) is 0 Å². The maximum atomic E-state index is 12.2. The van der Waals surface area contributed by atoms with E-state index in [0.717, 1.165) is 24.9 Å². The molecule has 4 nitrogen and oxygen atoms in total. The molecule has 0 N–H and O–H groups in total. The number of hydrogen-bond acceptors (Lipinski definition) is 2. The summed E-state index contributed by atoms with van der Waals surface area (Å²) in [5, 5.41) is 0. The third-order valence-corrected chi connectivity index (χ3v) is 3.32. The van der Waals surface area contributed by atoms with Gasteiger partial charge >= 0.3 is 0 Å². The van der Waals surface area contributed by atoms with E-state index in [1.54, 1.807) is 16.8 Å². The molecule has 0 saturated carbocycles. The highest BCUT2D eigenvalue weighted by Gasteiger charge is 2.17. The molecule has 0 atom stereocenters. The summed E-state index contributed by atoms with van der Waals surface area (Å²) in [5.74, 6) is -0.112. The first-order chi connectivity index (χ1) is 9.56. The lowest BCUT2D eigenvalue weighted by Gasteiger charge is -2.24. The van der Waals surface area contributed by atoms with Gasteiger partial charge < -0.3 is 9.80 Å². The minimum atomic E-state index is -0.0668. The molecule has 0 saturated heterocycles. The van der Waals surface area contributed by atoms with Gasteiger partial charge in [-0.3, -0.25) is 9.59 Å². The quantitative estimate of drug-likeness (QED) is 0.718. The highest BCUT2D eigenvalue weighted by Crippen LogP contribution is 2.11. The molecule has 0 aliphatic rings. The van der Waals surface area contributed by atoms with Crippen LogP contribution in [-0.4, -0.2) is 36.9 Å². The number of carbonyl (C=O) groups excluding carboxylic acids is 2. The summed E-state index contributed by atoms with van der Waals surface area (Å²) >= 11 is 0. The Bertz CT molecular complexity index is 431. The number of unbranched alkanes of at least 4 members (excludes halogenated alkanes) is 2. The van der Waals surface area contributed by atoms with Crippen LogP contribution in [0.5, 0.6) is 0 Å². The van der Waals surface area contributed by atoms with Crippen LogP contribution in [0.2, 0.25) is 0 Å². The van der Waals surface area contributed by atoms with Crippen molar-refractivity contribution in [2.45, 2.75) is 33.1 Å². The zero-order valence-electron chi connectivity index (χ0n) is 12.6. The minimum absolute atomic E-state index is 0.0454. The number of anilines is 1. The molecular formula is C16H24N2O2. The number of rotatable bonds is 7. The van der Waals surface area contributed by atoms with Crippen LogP contribution in [0.15, 0.2) is 30.3 Å². The number of likely N-dealkylation sites (N-methyl/N-ethyl adjacent to an activating group) is 1. The van der Waals surface area contributed by atoms with Crippen molar-refractivity contribution in [3.05, 3.63) is 30.3 Å². The fourth-order valence-corrected chi connectivity index (χ4v) is 1.97. The van der Waals surface area contributed by atoms with Gasteiger partial charge in [0, 0.05) is 26.2 Å². The van der Waals surface area contributed by atoms with E-state index >= 15 is 0 Å². The summed E-state index contributed by atoms with van der Waals surface area (Å²) in [4.78, 5) is 27.0. The van der Waals surface area contributed by atoms with Crippen molar-refractivity contribution in [3.63, 3.8) is 0 Å². The lowest BCUT2D eigenvalue weighted by molar-refractivity contribution is -0.133. The molecule has 0 radical (unpaired) electrons. The summed E-state index contributed by atoms with van der Waals surface area (Å²) < 4.78 is 0. The van der Waals surface area contributed by atoms with Crippen molar-refractivity contribution in [1.29, 1.82) is 0 Å². The smallest absolute Gasteiger partial charge is 0.246 e. The number of amides is 2. The Balaban J connectivity index is 2.59. The second-order valence-electron chi connectivity index (χ2n) is 4.94. The van der Waals surface area contributed by atoms with E-state index < -0.39 is 0 Å². The van der Waals surface area contributed by atoms with E-state index in [1.165, 1.54) is 6.92 Å². The lowest BCUT2D eigenvalue weighted by atomic mass is 10.2. The van der Waals surface area contributed by atoms with Crippen LogP contribution in [0, 0.1) is 0 Å². The molecule has 4 heteroatoms. The predicted octanol–water partition coefficient (Wildman–Crippen LogP) is 2.69. The van der Waals surface area contributed by atoms with Crippen LogP contribution in [0.25, 0.3) is 0 Å². The average Bonchev–Trinajstić information content (AvgIpc) is 2.46. The normalized spacial score (nSPS) is 10.2. The van der Waals surface area contributed by atoms with E-state index in [4.69, 9.17) is 0 Å². The zero-order valence-corrected chi connectivity index (χ0v) is 12.6. The first-order valence-electron chi connectivity index (χ1n) is 7.13. The molecule has 0 aliphatic carbocycles. The standard InChI is InChI=1S/C16H24N2O2/c1-4-5-9-12-18(14(2)19)13-16(20)17(3)15-10-7-6-8-11-15/h6-8,10-11H,4-5,9,12-13H2,1-3H3. The molecule has 0 bridgehead atoms. The third kappa shape index (κ3) is 5.03. The SMILES string of the molecule is CCCCCN(CC(=O)N(C)c1ccccc1)C(C)=O. The van der Waals surface area contributed by atoms with Gasteiger partial charge in [0.25, 0.3) is 0 Å². The summed E-state index contributed by atoms with van der Waals surface area (Å²) in [6, 6.07) is 9.46. The van der Waals surface area contributed by atoms with Gasteiger partial charge in [-0.25, -0.2) is 0 Å². The van der Waals surface area contributed by atoms with Gasteiger partial charge in [0.05, 0.1) is 0 Å². The average molecular weight is 276 g/mol. The first kappa shape index (κ1) is 16.2. The topological polar surface area (TPSA) is 40.6 Å². The molecule has 0 fully saturated rings. The fraction of sp³-hybridized carbons (Fsp3) is 0.500. The van der Waals surface area contributed by atoms with Crippen LogP contribution in [0.4, 0.5) is 5.69 Å². The van der Waals surface area contributed by atoms with Crippen LogP contribution in [0.3, 0.4) is 0 Å². The minimum Gasteiger partial charge on any atom is -0.334 e. The van der Waals surface area contributed by atoms with E-state index in [-0.39, 0.29) is 18.4 Å². The lowest BCUT2D eigenvalue weighted by Crippen LogP contribution is -2.41. The Morgan fingerprint density at radius 3 is 2.30 bits per heavy atom. The summed E-state index contributed by atoms with van der Waals surface area (Å²) in [7, 11) is 1.74. The highest BCUT2D eigenvalue weighted by molar-refractivity contribution is 5.95. The van der Waals surface area contributed by atoms with Crippen molar-refractivity contribution in [1.82, 2.24) is 4.90 Å². The van der Waals surface area contributed by atoms with Gasteiger partial charge in [-0.1, -0.05) is 38.0 Å². The van der Waals surface area contributed by atoms with E-state index in [0.29, 0.717) is 6.54 Å². The largest absolute Gasteiger partial charge is 0.334 e. The van der Waals surface area contributed by atoms with Crippen LogP contribution < -0.4 is 4.90 Å². The van der Waals surface area contributed by atoms with Gasteiger partial charge in [-0.05, 0) is 18.6 Å². The van der Waals surface area contributed by atoms with Crippen LogP contribution in [0.1, 0.15) is 33.1 Å². The van der Waals surface area contributed by atoms with Gasteiger partial charge in [0.2, 0.25) is 11.8 Å². The second kappa shape index (κ2) is 8.35. The monoisotopic (exact) mass is 276 g/mol. The number of benzene rings is 1. The molecule has 20 heavy (non-hydrogen) atoms. The number of nitrogens with zero attached hydrogens (tertiary/aromatic N) is 2. The van der Waals surface area contributed by atoms with Crippen molar-refractivity contribution >= 4 is 17.5 Å². The molecule has 1 aromatic rings. The molecule has 0 aromatic heterocycles. The Hall–Kier alpha value is -1.84. The van der Waals surface area contributed by atoms with E-state index in [1.807, 2.05) is 30.3 Å². The number of carbonyl (C=O) groups is 2. The summed E-state index contributed by atoms with van der Waals surface area (Å²) in [6.07, 6.45) is 3.12. The summed E-state index contributed by atoms with van der Waals surface area (Å²) in [6.45, 7) is 4.43. The molecule has 2 amide bonds. The molecule has 1 aromatic carbocycles. The zero-order chi connectivity index (χ0) is 15.0. The Morgan fingerprint density at radius 2 is 1.75 bits per heavy atom. The van der Waals surface area contributed by atoms with Gasteiger partial charge in [0.1, 0.15) is 6.54 Å². The Kier molecular flexibility index (Phi) is 6.77. The van der Waals surface area contributed by atoms with Crippen molar-refractivity contribution in [2.24, 2.45) is 0 Å². The third-order valence-electron chi connectivity index (χ3n) is 3.32. The van der Waals surface area contributed by atoms with Crippen LogP contribution >= 0.6 is 0 Å². The molecule has 0 heterocycles. The fourth-order valence-electron chi connectivity index (χ4n) is 1.97. The first-order valence-corrected chi connectivity index (χ1v) is 7.13. The van der Waals surface area contributed by atoms with E-state index in [2.05, 4.69) is 6.92 Å². The molecule has 1 rings (SSSR count). The van der Waals surface area contributed by atoms with Crippen molar-refractivity contribution in [3.8, 4) is 0 Å². The maximum Gasteiger partial charge on any atom is 0.246 e. The predicted molar refractivity (Wildman–Crippen MR) is 81.6 cm³/mol. The Morgan fingerprint density at radius 1 is 1.10 bits per heavy atom. The second-order valence-corrected chi connectivity index (χ2v) is 4.94.